The van der Waals surface area contributed by atoms with E-state index in [1.807, 2.05) is 0 Å². The maximum Gasteiger partial charge on any atom is 0.433 e. The normalized spacial score (nSPS) is 12.9. The van der Waals surface area contributed by atoms with Gasteiger partial charge in [-0.1, -0.05) is 12.6 Å². The van der Waals surface area contributed by atoms with Crippen LogP contribution in [0.4, 0.5) is 13.2 Å². The lowest BCUT2D eigenvalue weighted by Gasteiger charge is -2.11. The van der Waals surface area contributed by atoms with Gasteiger partial charge in [-0.3, -0.25) is 0 Å². The second-order valence-electron chi connectivity index (χ2n) is 7.44. The van der Waals surface area contributed by atoms with E-state index in [4.69, 9.17) is 14.3 Å². The minimum absolute atomic E-state index is 0.0947. The van der Waals surface area contributed by atoms with Crippen molar-refractivity contribution in [1.82, 2.24) is 15.4 Å². The molecule has 1 aromatic carbocycles. The number of hydrogen-bond donors (Lipinski definition) is 1. The van der Waals surface area contributed by atoms with Crippen LogP contribution < -0.4 is 15.0 Å². The summed E-state index contributed by atoms with van der Waals surface area (Å²) < 4.78 is 75.7. The zero-order valence-electron chi connectivity index (χ0n) is 18.4. The third kappa shape index (κ3) is 5.94. The lowest BCUT2D eigenvalue weighted by molar-refractivity contribution is -0.148. The van der Waals surface area contributed by atoms with Gasteiger partial charge in [0.2, 0.25) is 21.8 Å². The highest BCUT2D eigenvalue weighted by Gasteiger charge is 2.35. The van der Waals surface area contributed by atoms with Crippen LogP contribution in [0.1, 0.15) is 24.1 Å². The minimum Gasteiger partial charge on any atom is -0.454 e. The number of hydroxylamine groups is 1. The molecule has 2 aromatic heterocycles. The van der Waals surface area contributed by atoms with E-state index in [2.05, 4.69) is 22.0 Å². The highest BCUT2D eigenvalue weighted by Crippen LogP contribution is 2.34. The molecule has 4 rings (SSSR count). The molecule has 1 aliphatic rings. The van der Waals surface area contributed by atoms with Crippen LogP contribution in [0.25, 0.3) is 16.3 Å². The van der Waals surface area contributed by atoms with Crippen molar-refractivity contribution in [2.24, 2.45) is 0 Å². The quantitative estimate of drug-likeness (QED) is 0.314. The molecule has 0 spiro atoms. The Kier molecular flexibility index (Phi) is 7.17. The maximum absolute atomic E-state index is 13.3. The molecule has 0 fully saturated rings. The van der Waals surface area contributed by atoms with Crippen molar-refractivity contribution in [3.05, 3.63) is 59.6 Å². The van der Waals surface area contributed by atoms with Crippen LogP contribution >= 0.6 is 11.3 Å². The standard InChI is InChI=1S/C22H18F3N3O6S2/c1-13(14-6-7-16-17(10-14)33-12-32-16)28-34-20(29)5-3-9-36(30,31)21-26-15(18-4-2-8-35-18)11-19(27-21)22(23,24)25/h2,4,6-8,10-11,28H,1,3,5,9,12H2. The Hall–Kier alpha value is -3.65. The molecule has 14 heteroatoms. The number of hydrogen-bond acceptors (Lipinski definition) is 10. The van der Waals surface area contributed by atoms with E-state index in [-0.39, 0.29) is 31.0 Å². The maximum atomic E-state index is 13.3. The van der Waals surface area contributed by atoms with E-state index < -0.39 is 38.6 Å². The van der Waals surface area contributed by atoms with Crippen molar-refractivity contribution in [2.75, 3.05) is 12.5 Å². The third-order valence-electron chi connectivity index (χ3n) is 4.85. The van der Waals surface area contributed by atoms with Gasteiger partial charge < -0.3 is 14.3 Å². The van der Waals surface area contributed by atoms with Gasteiger partial charge >= 0.3 is 12.1 Å². The van der Waals surface area contributed by atoms with E-state index in [0.29, 0.717) is 28.0 Å². The lowest BCUT2D eigenvalue weighted by atomic mass is 10.1. The molecule has 0 amide bonds. The zero-order chi connectivity index (χ0) is 25.9. The lowest BCUT2D eigenvalue weighted by Crippen LogP contribution is -2.20. The van der Waals surface area contributed by atoms with E-state index in [0.717, 1.165) is 11.3 Å². The molecular formula is C22H18F3N3O6S2. The van der Waals surface area contributed by atoms with E-state index in [9.17, 15) is 26.4 Å². The van der Waals surface area contributed by atoms with Crippen LogP contribution in [0.5, 0.6) is 11.5 Å². The van der Waals surface area contributed by atoms with Crippen molar-refractivity contribution >= 4 is 32.8 Å². The van der Waals surface area contributed by atoms with E-state index >= 15 is 0 Å². The predicted octanol–water partition coefficient (Wildman–Crippen LogP) is 4.23. The number of thiophene rings is 1. The number of halogens is 3. The van der Waals surface area contributed by atoms with Gasteiger partial charge in [-0.2, -0.15) is 13.2 Å². The highest BCUT2D eigenvalue weighted by atomic mass is 32.2. The summed E-state index contributed by atoms with van der Waals surface area (Å²) in [5, 5.41) is 0.670. The van der Waals surface area contributed by atoms with Crippen molar-refractivity contribution in [3.63, 3.8) is 0 Å². The topological polar surface area (TPSA) is 117 Å². The number of rotatable bonds is 9. The first-order chi connectivity index (χ1) is 17.0. The average molecular weight is 542 g/mol. The number of carbonyl (C=O) groups excluding carboxylic acids is 1. The second kappa shape index (κ2) is 10.1. The largest absolute Gasteiger partial charge is 0.454 e. The molecule has 3 aromatic rings. The van der Waals surface area contributed by atoms with Crippen LogP contribution in [-0.2, 0) is 25.6 Å². The number of alkyl halides is 3. The van der Waals surface area contributed by atoms with E-state index in [1.54, 1.807) is 29.6 Å². The number of aromatic nitrogens is 2. The van der Waals surface area contributed by atoms with Crippen LogP contribution in [-0.4, -0.2) is 36.9 Å². The molecule has 36 heavy (non-hydrogen) atoms. The third-order valence-corrected chi connectivity index (χ3v) is 7.31. The second-order valence-corrected chi connectivity index (χ2v) is 10.4. The van der Waals surface area contributed by atoms with Crippen molar-refractivity contribution < 1.29 is 40.7 Å². The Morgan fingerprint density at radius 3 is 2.67 bits per heavy atom. The Morgan fingerprint density at radius 2 is 1.94 bits per heavy atom. The van der Waals surface area contributed by atoms with E-state index in [1.165, 1.54) is 6.07 Å². The van der Waals surface area contributed by atoms with Crippen molar-refractivity contribution in [1.29, 1.82) is 0 Å². The van der Waals surface area contributed by atoms with Gasteiger partial charge in [-0.05, 0) is 42.1 Å². The van der Waals surface area contributed by atoms with Gasteiger partial charge in [0.05, 0.1) is 22.0 Å². The van der Waals surface area contributed by atoms with Gasteiger partial charge in [0, 0.05) is 12.0 Å². The molecule has 1 aliphatic heterocycles. The summed E-state index contributed by atoms with van der Waals surface area (Å²) in [5.74, 6) is -0.379. The van der Waals surface area contributed by atoms with Crippen molar-refractivity contribution in [2.45, 2.75) is 24.2 Å². The van der Waals surface area contributed by atoms with Crippen LogP contribution in [0.2, 0.25) is 0 Å². The zero-order valence-corrected chi connectivity index (χ0v) is 20.0. The summed E-state index contributed by atoms with van der Waals surface area (Å²) in [6.07, 6.45) is -5.43. The number of ether oxygens (including phenoxy) is 2. The molecule has 0 unspecified atom stereocenters. The van der Waals surface area contributed by atoms with Crippen LogP contribution in [0.15, 0.2) is 53.5 Å². The Morgan fingerprint density at radius 1 is 1.17 bits per heavy atom. The average Bonchev–Trinajstić information content (AvgIpc) is 3.53. The summed E-state index contributed by atoms with van der Waals surface area (Å²) in [4.78, 5) is 24.3. The van der Waals surface area contributed by atoms with Gasteiger partial charge in [-0.25, -0.2) is 28.7 Å². The molecule has 1 N–H and O–H groups in total. The summed E-state index contributed by atoms with van der Waals surface area (Å²) in [5.41, 5.74) is 1.66. The summed E-state index contributed by atoms with van der Waals surface area (Å²) in [6.45, 7) is 3.85. The molecule has 9 nitrogen and oxygen atoms in total. The first kappa shape index (κ1) is 25.4. The molecule has 3 heterocycles. The van der Waals surface area contributed by atoms with Gasteiger partial charge in [0.25, 0.3) is 0 Å². The molecule has 0 bridgehead atoms. The minimum atomic E-state index is -4.87. The summed E-state index contributed by atoms with van der Waals surface area (Å²) >= 11 is 1.11. The molecule has 0 radical (unpaired) electrons. The fraction of sp³-hybridized carbons (Fsp3) is 0.227. The number of nitrogens with one attached hydrogen (secondary N) is 1. The Balaban J connectivity index is 1.35. The molecule has 0 atom stereocenters. The first-order valence-corrected chi connectivity index (χ1v) is 12.8. The summed E-state index contributed by atoms with van der Waals surface area (Å²) in [7, 11) is -4.32. The smallest absolute Gasteiger partial charge is 0.433 e. The number of sulfone groups is 1. The SMILES string of the molecule is C=C(NOC(=O)CCCS(=O)(=O)c1nc(-c2cccs2)cc(C(F)(F)F)n1)c1ccc2c(c1)OCO2. The molecule has 0 saturated carbocycles. The van der Waals surface area contributed by atoms with Gasteiger partial charge in [0.1, 0.15) is 5.69 Å². The van der Waals surface area contributed by atoms with Gasteiger partial charge in [0.15, 0.2) is 11.5 Å². The first-order valence-electron chi connectivity index (χ1n) is 10.3. The monoisotopic (exact) mass is 541 g/mol. The summed E-state index contributed by atoms with van der Waals surface area (Å²) in [6, 6.07) is 8.78. The van der Waals surface area contributed by atoms with Crippen LogP contribution in [0.3, 0.4) is 0 Å². The molecule has 0 aliphatic carbocycles. The van der Waals surface area contributed by atoms with Crippen molar-refractivity contribution in [3.8, 4) is 22.1 Å². The Labute approximate surface area is 207 Å². The molecule has 0 saturated heterocycles. The number of fused-ring (bicyclic) bond motifs is 1. The highest BCUT2D eigenvalue weighted by molar-refractivity contribution is 7.91. The Bertz CT molecular complexity index is 1390. The number of benzene rings is 1. The molecule has 190 valence electrons. The number of carbonyl (C=O) groups is 1. The van der Waals surface area contributed by atoms with Gasteiger partial charge in [-0.15, -0.1) is 11.3 Å². The number of nitrogens with zero attached hydrogens (tertiary/aromatic N) is 2. The predicted molar refractivity (Wildman–Crippen MR) is 122 cm³/mol. The van der Waals surface area contributed by atoms with Crippen LogP contribution in [0, 0.1) is 0 Å². The molecular weight excluding hydrogens is 523 g/mol. The fourth-order valence-corrected chi connectivity index (χ4v) is 4.94. The fourth-order valence-electron chi connectivity index (χ4n) is 3.07.